The minimum atomic E-state index is 0.143. The molecule has 1 aromatic rings. The van der Waals surface area contributed by atoms with Gasteiger partial charge in [-0.15, -0.1) is 11.3 Å². The van der Waals surface area contributed by atoms with Crippen molar-refractivity contribution in [3.8, 4) is 0 Å². The molecule has 0 aromatic carbocycles. The molecule has 2 nitrogen and oxygen atoms in total. The van der Waals surface area contributed by atoms with Crippen LogP contribution in [0.4, 0.5) is 0 Å². The van der Waals surface area contributed by atoms with Crippen molar-refractivity contribution in [3.63, 3.8) is 0 Å². The van der Waals surface area contributed by atoms with Gasteiger partial charge in [0.15, 0.2) is 0 Å². The molecule has 86 valence electrons. The molecular formula is C12H14BrNOS. The molecule has 0 atom stereocenters. The predicted molar refractivity (Wildman–Crippen MR) is 71.5 cm³/mol. The molecule has 0 saturated carbocycles. The second kappa shape index (κ2) is 5.64. The zero-order chi connectivity index (χ0) is 11.4. The number of nitrogens with zero attached hydrogens (tertiary/aromatic N) is 1. The highest BCUT2D eigenvalue weighted by Crippen LogP contribution is 2.23. The number of hydrogen-bond donors (Lipinski definition) is 0. The van der Waals surface area contributed by atoms with Crippen LogP contribution in [0.15, 0.2) is 22.0 Å². The first kappa shape index (κ1) is 11.9. The molecule has 0 spiro atoms. The molecule has 0 radical (unpaired) electrons. The van der Waals surface area contributed by atoms with E-state index in [4.69, 9.17) is 0 Å². The van der Waals surface area contributed by atoms with Crippen LogP contribution in [0.2, 0.25) is 0 Å². The Hall–Kier alpha value is -0.610. The average Bonchev–Trinajstić information content (AvgIpc) is 2.73. The van der Waals surface area contributed by atoms with E-state index in [0.717, 1.165) is 34.6 Å². The second-order valence-electron chi connectivity index (χ2n) is 3.86. The molecule has 2 heterocycles. The zero-order valence-corrected chi connectivity index (χ0v) is 11.4. The van der Waals surface area contributed by atoms with Gasteiger partial charge in [0.25, 0.3) is 0 Å². The smallest absolute Gasteiger partial charge is 0.246 e. The average molecular weight is 300 g/mol. The number of hydrogen-bond acceptors (Lipinski definition) is 2. The number of rotatable bonds is 2. The molecule has 1 amide bonds. The van der Waals surface area contributed by atoms with Crippen molar-refractivity contribution in [2.75, 3.05) is 13.1 Å². The topological polar surface area (TPSA) is 20.3 Å². The van der Waals surface area contributed by atoms with Crippen molar-refractivity contribution in [2.45, 2.75) is 19.3 Å². The SMILES string of the molecule is O=C(/C=C/c1ccc(Br)s1)N1CCCCC1. The lowest BCUT2D eigenvalue weighted by Gasteiger charge is -2.25. The van der Waals surface area contributed by atoms with Crippen molar-refractivity contribution in [1.82, 2.24) is 4.90 Å². The predicted octanol–water partition coefficient (Wildman–Crippen LogP) is 3.54. The largest absolute Gasteiger partial charge is 0.339 e. The second-order valence-corrected chi connectivity index (χ2v) is 6.36. The Balaban J connectivity index is 1.93. The van der Waals surface area contributed by atoms with Crippen molar-refractivity contribution in [2.24, 2.45) is 0 Å². The molecule has 1 saturated heterocycles. The molecule has 0 aliphatic carbocycles. The highest BCUT2D eigenvalue weighted by molar-refractivity contribution is 9.11. The third-order valence-electron chi connectivity index (χ3n) is 2.65. The Morgan fingerprint density at radius 1 is 1.31 bits per heavy atom. The minimum Gasteiger partial charge on any atom is -0.339 e. The quantitative estimate of drug-likeness (QED) is 0.765. The van der Waals surface area contributed by atoms with Crippen LogP contribution < -0.4 is 0 Å². The summed E-state index contributed by atoms with van der Waals surface area (Å²) in [5, 5.41) is 0. The molecule has 1 aromatic heterocycles. The van der Waals surface area contributed by atoms with E-state index in [9.17, 15) is 4.79 Å². The summed E-state index contributed by atoms with van der Waals surface area (Å²) >= 11 is 5.04. The van der Waals surface area contributed by atoms with Crippen molar-refractivity contribution >= 4 is 39.2 Å². The normalized spacial score (nSPS) is 16.9. The van der Waals surface area contributed by atoms with Gasteiger partial charge < -0.3 is 4.90 Å². The van der Waals surface area contributed by atoms with Gasteiger partial charge in [0.2, 0.25) is 5.91 Å². The number of carbonyl (C=O) groups excluding carboxylic acids is 1. The van der Waals surface area contributed by atoms with E-state index < -0.39 is 0 Å². The van der Waals surface area contributed by atoms with Gasteiger partial charge in [0.05, 0.1) is 3.79 Å². The summed E-state index contributed by atoms with van der Waals surface area (Å²) < 4.78 is 1.09. The molecule has 2 rings (SSSR count). The fourth-order valence-corrected chi connectivity index (χ4v) is 3.12. The number of thiophene rings is 1. The summed E-state index contributed by atoms with van der Waals surface area (Å²) in [4.78, 5) is 14.9. The lowest BCUT2D eigenvalue weighted by Crippen LogP contribution is -2.34. The standard InChI is InChI=1S/C12H14BrNOS/c13-11-6-4-10(16-11)5-7-12(15)14-8-2-1-3-9-14/h4-7H,1-3,8-9H2/b7-5+. The summed E-state index contributed by atoms with van der Waals surface area (Å²) in [7, 11) is 0. The van der Waals surface area contributed by atoms with Gasteiger partial charge in [0, 0.05) is 24.0 Å². The molecule has 1 aliphatic rings. The number of likely N-dealkylation sites (tertiary alicyclic amines) is 1. The van der Waals surface area contributed by atoms with E-state index >= 15 is 0 Å². The number of halogens is 1. The molecule has 0 unspecified atom stereocenters. The molecular weight excluding hydrogens is 286 g/mol. The molecule has 1 aliphatic heterocycles. The van der Waals surface area contributed by atoms with Crippen LogP contribution in [0, 0.1) is 0 Å². The van der Waals surface area contributed by atoms with Crippen molar-refractivity contribution in [1.29, 1.82) is 0 Å². The van der Waals surface area contributed by atoms with E-state index in [1.807, 2.05) is 23.1 Å². The molecule has 1 fully saturated rings. The van der Waals surface area contributed by atoms with Crippen LogP contribution in [0.5, 0.6) is 0 Å². The number of amides is 1. The Bertz CT molecular complexity index is 393. The van der Waals surface area contributed by atoms with Crippen molar-refractivity contribution < 1.29 is 4.79 Å². The van der Waals surface area contributed by atoms with E-state index in [1.54, 1.807) is 17.4 Å². The summed E-state index contributed by atoms with van der Waals surface area (Å²) in [5.74, 6) is 0.143. The third kappa shape index (κ3) is 3.19. The Morgan fingerprint density at radius 2 is 2.06 bits per heavy atom. The van der Waals surface area contributed by atoms with E-state index in [-0.39, 0.29) is 5.91 Å². The Kier molecular flexibility index (Phi) is 4.18. The molecule has 4 heteroatoms. The molecule has 0 N–H and O–H groups in total. The van der Waals surface area contributed by atoms with Gasteiger partial charge in [0.1, 0.15) is 0 Å². The summed E-state index contributed by atoms with van der Waals surface area (Å²) in [5.41, 5.74) is 0. The highest BCUT2D eigenvalue weighted by atomic mass is 79.9. The van der Waals surface area contributed by atoms with Gasteiger partial charge in [-0.2, -0.15) is 0 Å². The Morgan fingerprint density at radius 3 is 2.69 bits per heavy atom. The zero-order valence-electron chi connectivity index (χ0n) is 8.99. The summed E-state index contributed by atoms with van der Waals surface area (Å²) in [6.45, 7) is 1.83. The lowest BCUT2D eigenvalue weighted by atomic mass is 10.1. The van der Waals surface area contributed by atoms with Gasteiger partial charge >= 0.3 is 0 Å². The minimum absolute atomic E-state index is 0.143. The fraction of sp³-hybridized carbons (Fsp3) is 0.417. The van der Waals surface area contributed by atoms with Crippen LogP contribution in [0.1, 0.15) is 24.1 Å². The van der Waals surface area contributed by atoms with Crippen LogP contribution >= 0.6 is 27.3 Å². The van der Waals surface area contributed by atoms with E-state index in [0.29, 0.717) is 0 Å². The number of carbonyl (C=O) groups is 1. The molecule has 16 heavy (non-hydrogen) atoms. The summed E-state index contributed by atoms with van der Waals surface area (Å²) in [6.07, 6.45) is 7.12. The highest BCUT2D eigenvalue weighted by Gasteiger charge is 2.13. The lowest BCUT2D eigenvalue weighted by molar-refractivity contribution is -0.126. The van der Waals surface area contributed by atoms with Gasteiger partial charge in [-0.1, -0.05) is 0 Å². The maximum absolute atomic E-state index is 11.8. The van der Waals surface area contributed by atoms with Gasteiger partial charge in [-0.05, 0) is 53.4 Å². The number of piperidine rings is 1. The first-order chi connectivity index (χ1) is 7.75. The van der Waals surface area contributed by atoms with Gasteiger partial charge in [-0.25, -0.2) is 0 Å². The summed E-state index contributed by atoms with van der Waals surface area (Å²) in [6, 6.07) is 4.00. The van der Waals surface area contributed by atoms with Crippen LogP contribution in [0.3, 0.4) is 0 Å². The van der Waals surface area contributed by atoms with Crippen molar-refractivity contribution in [3.05, 3.63) is 26.9 Å². The van der Waals surface area contributed by atoms with E-state index in [2.05, 4.69) is 15.9 Å². The first-order valence-corrected chi connectivity index (χ1v) is 7.09. The maximum Gasteiger partial charge on any atom is 0.246 e. The van der Waals surface area contributed by atoms with Crippen LogP contribution in [-0.2, 0) is 4.79 Å². The molecule has 0 bridgehead atoms. The fourth-order valence-electron chi connectivity index (χ4n) is 1.79. The van der Waals surface area contributed by atoms with E-state index in [1.165, 1.54) is 6.42 Å². The maximum atomic E-state index is 11.8. The Labute approximate surface area is 108 Å². The monoisotopic (exact) mass is 299 g/mol. The first-order valence-electron chi connectivity index (χ1n) is 5.48. The van der Waals surface area contributed by atoms with Crippen LogP contribution in [-0.4, -0.2) is 23.9 Å². The van der Waals surface area contributed by atoms with Gasteiger partial charge in [-0.3, -0.25) is 4.79 Å². The van der Waals surface area contributed by atoms with Crippen LogP contribution in [0.25, 0.3) is 6.08 Å². The third-order valence-corrected chi connectivity index (χ3v) is 4.24.